The Bertz CT molecular complexity index is 299. The molecular weight excluding hydrogens is 211 g/mol. The van der Waals surface area contributed by atoms with Gasteiger partial charge in [0, 0.05) is 19.5 Å². The van der Waals surface area contributed by atoms with Gasteiger partial charge in [0.1, 0.15) is 5.60 Å². The van der Waals surface area contributed by atoms with E-state index in [2.05, 4.69) is 5.32 Å². The summed E-state index contributed by atoms with van der Waals surface area (Å²) in [5, 5.41) is 3.01. The van der Waals surface area contributed by atoms with Crippen LogP contribution in [0, 0.1) is 0 Å². The number of nitrogens with one attached hydrogen (secondary N) is 1. The second kappa shape index (κ2) is 3.58. The molecule has 0 aromatic heterocycles. The van der Waals surface area contributed by atoms with Crippen LogP contribution >= 0.6 is 0 Å². The van der Waals surface area contributed by atoms with E-state index >= 15 is 0 Å². The average molecular weight is 230 g/mol. The van der Waals surface area contributed by atoms with Crippen molar-refractivity contribution in [2.75, 3.05) is 13.1 Å². The van der Waals surface area contributed by atoms with Gasteiger partial charge in [0.2, 0.25) is 0 Å². The molecule has 2 rings (SSSR count). The minimum Gasteiger partial charge on any atom is -0.444 e. The number of halogens is 1. The monoisotopic (exact) mass is 230 g/mol. The van der Waals surface area contributed by atoms with E-state index < -0.39 is 17.5 Å². The zero-order valence-electron chi connectivity index (χ0n) is 10.0. The third-order valence-corrected chi connectivity index (χ3v) is 3.02. The lowest BCUT2D eigenvalue weighted by atomic mass is 10.2. The highest BCUT2D eigenvalue weighted by molar-refractivity contribution is 5.70. The largest absolute Gasteiger partial charge is 0.444 e. The van der Waals surface area contributed by atoms with Crippen molar-refractivity contribution in [3.8, 4) is 0 Å². The number of ether oxygens (including phenoxy) is 1. The molecule has 2 atom stereocenters. The third-order valence-electron chi connectivity index (χ3n) is 3.02. The Morgan fingerprint density at radius 2 is 2.25 bits per heavy atom. The highest BCUT2D eigenvalue weighted by Crippen LogP contribution is 2.38. The van der Waals surface area contributed by atoms with E-state index in [9.17, 15) is 9.18 Å². The maximum atomic E-state index is 14.4. The fraction of sp³-hybridized carbons (Fsp3) is 0.909. The molecule has 2 heterocycles. The first-order chi connectivity index (χ1) is 7.32. The van der Waals surface area contributed by atoms with Crippen LogP contribution in [-0.4, -0.2) is 41.5 Å². The van der Waals surface area contributed by atoms with E-state index in [1.54, 1.807) is 20.8 Å². The quantitative estimate of drug-likeness (QED) is 0.643. The summed E-state index contributed by atoms with van der Waals surface area (Å²) in [7, 11) is 0. The molecule has 4 nitrogen and oxygen atoms in total. The molecule has 2 aliphatic heterocycles. The van der Waals surface area contributed by atoms with Gasteiger partial charge in [-0.25, -0.2) is 9.18 Å². The van der Waals surface area contributed by atoms with Crippen molar-refractivity contribution in [2.24, 2.45) is 0 Å². The van der Waals surface area contributed by atoms with Gasteiger partial charge >= 0.3 is 6.09 Å². The molecule has 5 heteroatoms. The predicted molar refractivity (Wildman–Crippen MR) is 57.8 cm³/mol. The van der Waals surface area contributed by atoms with Crippen LogP contribution in [-0.2, 0) is 4.74 Å². The van der Waals surface area contributed by atoms with E-state index in [0.29, 0.717) is 19.4 Å². The van der Waals surface area contributed by atoms with Crippen molar-refractivity contribution in [2.45, 2.75) is 51.0 Å². The number of amides is 1. The topological polar surface area (TPSA) is 41.6 Å². The van der Waals surface area contributed by atoms with Crippen molar-refractivity contribution < 1.29 is 13.9 Å². The molecule has 0 aliphatic carbocycles. The summed E-state index contributed by atoms with van der Waals surface area (Å²) in [4.78, 5) is 13.2. The van der Waals surface area contributed by atoms with Gasteiger partial charge in [0.25, 0.3) is 0 Å². The minimum atomic E-state index is -1.55. The van der Waals surface area contributed by atoms with Gasteiger partial charge in [-0.3, -0.25) is 4.90 Å². The summed E-state index contributed by atoms with van der Waals surface area (Å²) in [6.07, 6.45) is 0.589. The van der Waals surface area contributed by atoms with Gasteiger partial charge in [0.15, 0.2) is 5.79 Å². The summed E-state index contributed by atoms with van der Waals surface area (Å²) >= 11 is 0. The lowest BCUT2D eigenvalue weighted by Crippen LogP contribution is -2.60. The van der Waals surface area contributed by atoms with Gasteiger partial charge in [-0.05, 0) is 27.2 Å². The van der Waals surface area contributed by atoms with Crippen LogP contribution < -0.4 is 5.32 Å². The first-order valence-corrected chi connectivity index (χ1v) is 5.74. The molecule has 2 bridgehead atoms. The molecule has 2 aliphatic rings. The SMILES string of the molecule is CC(C)(C)OC(=O)N1[C@@H]2CCC1(F)CNC2. The van der Waals surface area contributed by atoms with Crippen molar-refractivity contribution in [1.29, 1.82) is 0 Å². The van der Waals surface area contributed by atoms with E-state index in [1.807, 2.05) is 0 Å². The molecule has 0 radical (unpaired) electrons. The number of hydrogen-bond acceptors (Lipinski definition) is 3. The van der Waals surface area contributed by atoms with Crippen LogP contribution in [0.25, 0.3) is 0 Å². The Hall–Kier alpha value is -0.840. The molecule has 0 spiro atoms. The smallest absolute Gasteiger partial charge is 0.413 e. The molecule has 1 amide bonds. The van der Waals surface area contributed by atoms with Gasteiger partial charge in [-0.1, -0.05) is 0 Å². The molecule has 92 valence electrons. The zero-order chi connectivity index (χ0) is 12.0. The average Bonchev–Trinajstić information content (AvgIpc) is 2.30. The highest BCUT2D eigenvalue weighted by Gasteiger charge is 2.53. The van der Waals surface area contributed by atoms with Gasteiger partial charge < -0.3 is 10.1 Å². The number of nitrogens with zero attached hydrogens (tertiary/aromatic N) is 1. The molecule has 2 fully saturated rings. The van der Waals surface area contributed by atoms with Crippen LogP contribution in [0.5, 0.6) is 0 Å². The number of fused-ring (bicyclic) bond motifs is 2. The van der Waals surface area contributed by atoms with E-state index in [4.69, 9.17) is 4.74 Å². The molecule has 1 N–H and O–H groups in total. The van der Waals surface area contributed by atoms with Crippen molar-refractivity contribution in [1.82, 2.24) is 10.2 Å². The van der Waals surface area contributed by atoms with E-state index in [-0.39, 0.29) is 12.6 Å². The first kappa shape index (κ1) is 11.6. The Kier molecular flexibility index (Phi) is 2.61. The van der Waals surface area contributed by atoms with Crippen LogP contribution in [0.1, 0.15) is 33.6 Å². The normalized spacial score (nSPS) is 34.0. The van der Waals surface area contributed by atoms with Crippen LogP contribution in [0.4, 0.5) is 9.18 Å². The lowest BCUT2D eigenvalue weighted by Gasteiger charge is -2.39. The Labute approximate surface area is 95.1 Å². The molecule has 0 saturated carbocycles. The minimum absolute atomic E-state index is 0.0615. The van der Waals surface area contributed by atoms with Gasteiger partial charge in [0.05, 0.1) is 6.04 Å². The molecule has 16 heavy (non-hydrogen) atoms. The summed E-state index contributed by atoms with van der Waals surface area (Å²) in [5.74, 6) is -1.55. The first-order valence-electron chi connectivity index (χ1n) is 5.74. The highest BCUT2D eigenvalue weighted by atomic mass is 19.1. The second-order valence-corrected chi connectivity index (χ2v) is 5.59. The number of hydrogen-bond donors (Lipinski definition) is 1. The van der Waals surface area contributed by atoms with Gasteiger partial charge in [-0.15, -0.1) is 0 Å². The van der Waals surface area contributed by atoms with Crippen molar-refractivity contribution in [3.63, 3.8) is 0 Å². The predicted octanol–water partition coefficient (Wildman–Crippen LogP) is 1.65. The summed E-state index contributed by atoms with van der Waals surface area (Å²) in [6, 6.07) is -0.0615. The van der Waals surface area contributed by atoms with Gasteiger partial charge in [-0.2, -0.15) is 0 Å². The Morgan fingerprint density at radius 1 is 1.56 bits per heavy atom. The van der Waals surface area contributed by atoms with Crippen molar-refractivity contribution in [3.05, 3.63) is 0 Å². The zero-order valence-corrected chi connectivity index (χ0v) is 10.0. The maximum Gasteiger partial charge on any atom is 0.413 e. The molecular formula is C11H19FN2O2. The molecule has 0 aromatic rings. The summed E-state index contributed by atoms with van der Waals surface area (Å²) < 4.78 is 19.6. The van der Waals surface area contributed by atoms with E-state index in [0.717, 1.165) is 0 Å². The maximum absolute atomic E-state index is 14.4. The lowest BCUT2D eigenvalue weighted by molar-refractivity contribution is -0.0557. The standard InChI is InChI=1S/C11H19FN2O2/c1-10(2,3)16-9(15)14-8-4-5-11(14,12)7-13-6-8/h8,13H,4-7H2,1-3H3/t8-,11?/m1/s1. The van der Waals surface area contributed by atoms with E-state index in [1.165, 1.54) is 4.90 Å². The van der Waals surface area contributed by atoms with Crippen LogP contribution in [0.3, 0.4) is 0 Å². The van der Waals surface area contributed by atoms with Crippen molar-refractivity contribution >= 4 is 6.09 Å². The third kappa shape index (κ3) is 2.00. The molecule has 1 unspecified atom stereocenters. The summed E-state index contributed by atoms with van der Waals surface area (Å²) in [6.45, 7) is 6.24. The number of piperazine rings is 1. The molecule has 0 aromatic carbocycles. The Morgan fingerprint density at radius 3 is 2.81 bits per heavy atom. The molecule has 2 saturated heterocycles. The fourth-order valence-electron chi connectivity index (χ4n) is 2.39. The Balaban J connectivity index is 2.12. The second-order valence-electron chi connectivity index (χ2n) is 5.59. The number of carbonyl (C=O) groups excluding carboxylic acids is 1. The fourth-order valence-corrected chi connectivity index (χ4v) is 2.39. The number of carbonyl (C=O) groups is 1. The summed E-state index contributed by atoms with van der Waals surface area (Å²) in [5.41, 5.74) is -0.572. The number of rotatable bonds is 0. The van der Waals surface area contributed by atoms with Crippen LogP contribution in [0.15, 0.2) is 0 Å². The van der Waals surface area contributed by atoms with Crippen LogP contribution in [0.2, 0.25) is 0 Å². The number of alkyl halides is 1.